The minimum Gasteiger partial charge on any atom is -0.316 e. The van der Waals surface area contributed by atoms with Gasteiger partial charge in [0.05, 0.1) is 5.75 Å². The molecule has 0 aromatic carbocycles. The van der Waals surface area contributed by atoms with Crippen LogP contribution in [-0.2, 0) is 10.1 Å². The molecule has 0 fully saturated rings. The Kier molecular flexibility index (Phi) is 21.8. The van der Waals surface area contributed by atoms with Crippen LogP contribution in [0.4, 0.5) is 0 Å². The van der Waals surface area contributed by atoms with Crippen LogP contribution in [0.3, 0.4) is 0 Å². The van der Waals surface area contributed by atoms with E-state index in [-0.39, 0.29) is 35.3 Å². The maximum absolute atomic E-state index is 10.5. The molecule has 0 atom stereocenters. The summed E-state index contributed by atoms with van der Waals surface area (Å²) in [7, 11) is -3.81. The summed E-state index contributed by atoms with van der Waals surface area (Å²) in [6.07, 6.45) is 17.4. The van der Waals surface area contributed by atoms with E-state index in [2.05, 4.69) is 12.2 Å². The van der Waals surface area contributed by atoms with Crippen molar-refractivity contribution in [1.82, 2.24) is 5.32 Å². The minimum atomic E-state index is -3.81. The largest absolute Gasteiger partial charge is 0.316 e. The van der Waals surface area contributed by atoms with Crippen LogP contribution in [0, 0.1) is 0 Å². The third-order valence-electron chi connectivity index (χ3n) is 3.99. The molecule has 0 amide bonds. The van der Waals surface area contributed by atoms with Crippen molar-refractivity contribution in [2.75, 3.05) is 18.8 Å². The summed E-state index contributed by atoms with van der Waals surface area (Å²) in [4.78, 5) is 0. The smallest absolute Gasteiger partial charge is 0.266 e. The van der Waals surface area contributed by atoms with E-state index in [9.17, 15) is 8.42 Å². The van der Waals surface area contributed by atoms with Gasteiger partial charge in [-0.25, -0.2) is 0 Å². The van der Waals surface area contributed by atoms with E-state index in [0.717, 1.165) is 13.0 Å². The van der Waals surface area contributed by atoms with Crippen LogP contribution in [0.15, 0.2) is 0 Å². The van der Waals surface area contributed by atoms with Gasteiger partial charge >= 0.3 is 0 Å². The number of nitrogens with one attached hydrogen (secondary N) is 1. The van der Waals surface area contributed by atoms with Gasteiger partial charge in [0.15, 0.2) is 0 Å². The molecule has 0 aliphatic heterocycles. The first-order valence-corrected chi connectivity index (χ1v) is 10.8. The molecule has 135 valence electrons. The van der Waals surface area contributed by atoms with Crippen LogP contribution >= 0.6 is 0 Å². The van der Waals surface area contributed by atoms with E-state index in [1.807, 2.05) is 0 Å². The molecule has 0 aliphatic carbocycles. The summed E-state index contributed by atoms with van der Waals surface area (Å²) in [5.41, 5.74) is 0. The van der Waals surface area contributed by atoms with E-state index in [1.165, 1.54) is 77.0 Å². The molecule has 0 spiro atoms. The molecule has 2 N–H and O–H groups in total. The summed E-state index contributed by atoms with van der Waals surface area (Å²) >= 11 is 0. The zero-order chi connectivity index (χ0) is 16.5. The monoisotopic (exact) mass is 358 g/mol. The van der Waals surface area contributed by atoms with Gasteiger partial charge in [-0.05, 0) is 13.0 Å². The van der Waals surface area contributed by atoms with Gasteiger partial charge in [0.1, 0.15) is 0 Å². The predicted molar refractivity (Wildman–Crippen MR) is 101 cm³/mol. The van der Waals surface area contributed by atoms with Gasteiger partial charge in [0, 0.05) is 36.1 Å². The van der Waals surface area contributed by atoms with Crippen LogP contribution < -0.4 is 5.32 Å². The van der Waals surface area contributed by atoms with Crippen LogP contribution in [0.1, 0.15) is 90.4 Å². The van der Waals surface area contributed by atoms with Crippen molar-refractivity contribution in [2.24, 2.45) is 0 Å². The molecule has 0 aromatic heterocycles. The van der Waals surface area contributed by atoms with E-state index in [4.69, 9.17) is 4.55 Å². The van der Waals surface area contributed by atoms with Crippen molar-refractivity contribution in [3.05, 3.63) is 0 Å². The number of hydrogen-bond donors (Lipinski definition) is 2. The first-order valence-electron chi connectivity index (χ1n) is 9.22. The average molecular weight is 359 g/mol. The molecule has 1 radical (unpaired) electrons. The number of unbranched alkanes of at least 4 members (excludes halogenated alkanes) is 12. The zero-order valence-electron chi connectivity index (χ0n) is 15.5. The second-order valence-corrected chi connectivity index (χ2v) is 7.85. The van der Waals surface area contributed by atoms with Crippen molar-refractivity contribution in [2.45, 2.75) is 90.4 Å². The second-order valence-electron chi connectivity index (χ2n) is 6.28. The molecule has 0 aromatic rings. The standard InChI is InChI=1S/C17H37NO3S.Na/c1-2-3-4-5-6-7-8-9-10-11-12-13-14-15-18-16-17-22(19,20)21;/h18H,2-17H2,1H3,(H,19,20,21);. The molecule has 23 heavy (non-hydrogen) atoms. The maximum Gasteiger partial charge on any atom is 0.266 e. The van der Waals surface area contributed by atoms with Crippen LogP contribution in [-0.4, -0.2) is 61.4 Å². The second kappa shape index (κ2) is 19.2. The first-order chi connectivity index (χ1) is 10.6. The molecule has 0 heterocycles. The molecule has 4 nitrogen and oxygen atoms in total. The molecule has 0 bridgehead atoms. The number of rotatable bonds is 17. The van der Waals surface area contributed by atoms with Gasteiger partial charge in [0.25, 0.3) is 10.1 Å². The van der Waals surface area contributed by atoms with E-state index < -0.39 is 10.1 Å². The summed E-state index contributed by atoms with van der Waals surface area (Å²) in [6, 6.07) is 0. The van der Waals surface area contributed by atoms with E-state index >= 15 is 0 Å². The summed E-state index contributed by atoms with van der Waals surface area (Å²) < 4.78 is 29.6. The van der Waals surface area contributed by atoms with Crippen LogP contribution in [0.5, 0.6) is 0 Å². The predicted octanol–water partition coefficient (Wildman–Crippen LogP) is 4.17. The molecule has 6 heteroatoms. The molecular weight excluding hydrogens is 321 g/mol. The summed E-state index contributed by atoms with van der Waals surface area (Å²) in [6.45, 7) is 3.44. The average Bonchev–Trinajstić information content (AvgIpc) is 2.45. The third kappa shape index (κ3) is 25.2. The Balaban J connectivity index is 0. The Morgan fingerprint density at radius 1 is 0.696 bits per heavy atom. The van der Waals surface area contributed by atoms with Gasteiger partial charge in [-0.15, -0.1) is 0 Å². The Bertz CT molecular complexity index is 324. The Morgan fingerprint density at radius 2 is 1.09 bits per heavy atom. The van der Waals surface area contributed by atoms with Gasteiger partial charge in [0.2, 0.25) is 0 Å². The summed E-state index contributed by atoms with van der Waals surface area (Å²) in [5.74, 6) is -0.189. The van der Waals surface area contributed by atoms with Crippen molar-refractivity contribution in [3.63, 3.8) is 0 Å². The Hall–Kier alpha value is 0.870. The fourth-order valence-electron chi connectivity index (χ4n) is 2.59. The molecular formula is C17H37NNaO3S. The SMILES string of the molecule is CCCCCCCCCCCCCCCNCCS(=O)(=O)O.[Na]. The van der Waals surface area contributed by atoms with Crippen molar-refractivity contribution < 1.29 is 13.0 Å². The topological polar surface area (TPSA) is 66.4 Å². The van der Waals surface area contributed by atoms with Crippen LogP contribution in [0.25, 0.3) is 0 Å². The fraction of sp³-hybridized carbons (Fsp3) is 1.00. The molecule has 0 rings (SSSR count). The normalized spacial score (nSPS) is 11.4. The van der Waals surface area contributed by atoms with E-state index in [0.29, 0.717) is 6.54 Å². The van der Waals surface area contributed by atoms with Crippen molar-refractivity contribution in [1.29, 1.82) is 0 Å². The Morgan fingerprint density at radius 3 is 1.48 bits per heavy atom. The first kappa shape index (κ1) is 26.1. The van der Waals surface area contributed by atoms with Gasteiger partial charge in [-0.3, -0.25) is 4.55 Å². The zero-order valence-corrected chi connectivity index (χ0v) is 18.3. The maximum atomic E-state index is 10.5. The fourth-order valence-corrected chi connectivity index (χ4v) is 3.00. The quantitative estimate of drug-likeness (QED) is 0.233. The molecule has 0 saturated carbocycles. The molecule has 0 aliphatic rings. The Labute approximate surface area is 166 Å². The van der Waals surface area contributed by atoms with Gasteiger partial charge in [-0.1, -0.05) is 84.0 Å². The summed E-state index contributed by atoms with van der Waals surface area (Å²) in [5, 5.41) is 3.04. The molecule has 0 saturated heterocycles. The third-order valence-corrected chi connectivity index (χ3v) is 4.71. The number of hydrogen-bond acceptors (Lipinski definition) is 3. The minimum absolute atomic E-state index is 0. The van der Waals surface area contributed by atoms with Crippen LogP contribution in [0.2, 0.25) is 0 Å². The molecule has 0 unspecified atom stereocenters. The van der Waals surface area contributed by atoms with Crippen molar-refractivity contribution in [3.8, 4) is 0 Å². The van der Waals surface area contributed by atoms with Crippen molar-refractivity contribution >= 4 is 39.7 Å². The van der Waals surface area contributed by atoms with Gasteiger partial charge < -0.3 is 5.32 Å². The van der Waals surface area contributed by atoms with E-state index in [1.54, 1.807) is 0 Å². The van der Waals surface area contributed by atoms with Gasteiger partial charge in [-0.2, -0.15) is 8.42 Å².